The second-order valence-corrected chi connectivity index (χ2v) is 7.85. The van der Waals surface area contributed by atoms with Gasteiger partial charge < -0.3 is 29.4 Å². The molecule has 0 spiro atoms. The Morgan fingerprint density at radius 2 is 1.96 bits per heavy atom. The molecule has 162 valence electrons. The van der Waals surface area contributed by atoms with E-state index in [1.54, 1.807) is 0 Å². The number of hydrogen-bond donors (Lipinski definition) is 2. The summed E-state index contributed by atoms with van der Waals surface area (Å²) in [4.78, 5) is 12.5. The lowest BCUT2D eigenvalue weighted by atomic mass is 9.79. The Morgan fingerprint density at radius 1 is 1.25 bits per heavy atom. The SMILES string of the molecule is CCO[C@H]1OC(C(=O)NCC2CC2)=C[C@@H](C(C)C)[C@@H]1CCOCCOCCO. The Kier molecular flexibility index (Phi) is 10.3. The number of ether oxygens (including phenoxy) is 4. The van der Waals surface area contributed by atoms with Gasteiger partial charge in [-0.05, 0) is 50.0 Å². The fourth-order valence-corrected chi connectivity index (χ4v) is 3.45. The summed E-state index contributed by atoms with van der Waals surface area (Å²) in [5, 5.41) is 11.7. The van der Waals surface area contributed by atoms with Crippen LogP contribution in [0.2, 0.25) is 0 Å². The van der Waals surface area contributed by atoms with Crippen molar-refractivity contribution in [2.24, 2.45) is 23.7 Å². The Labute approximate surface area is 168 Å². The lowest BCUT2D eigenvalue weighted by molar-refractivity contribution is -0.177. The van der Waals surface area contributed by atoms with Crippen LogP contribution in [0.25, 0.3) is 0 Å². The molecule has 0 unspecified atom stereocenters. The Balaban J connectivity index is 1.91. The molecule has 7 heteroatoms. The van der Waals surface area contributed by atoms with Gasteiger partial charge in [0.05, 0.1) is 26.4 Å². The minimum Gasteiger partial charge on any atom is -0.459 e. The molecule has 0 radical (unpaired) electrons. The molecule has 2 N–H and O–H groups in total. The fraction of sp³-hybridized carbons (Fsp3) is 0.857. The molecule has 1 aliphatic heterocycles. The molecule has 7 nitrogen and oxygen atoms in total. The summed E-state index contributed by atoms with van der Waals surface area (Å²) >= 11 is 0. The average Bonchev–Trinajstić information content (AvgIpc) is 3.50. The van der Waals surface area contributed by atoms with Crippen molar-refractivity contribution >= 4 is 5.91 Å². The van der Waals surface area contributed by atoms with Gasteiger partial charge in [0.2, 0.25) is 6.29 Å². The van der Waals surface area contributed by atoms with E-state index >= 15 is 0 Å². The molecule has 0 bridgehead atoms. The molecular formula is C21H37NO6. The Bertz CT molecular complexity index is 491. The number of hydrogen-bond acceptors (Lipinski definition) is 6. The smallest absolute Gasteiger partial charge is 0.286 e. The summed E-state index contributed by atoms with van der Waals surface area (Å²) in [6.07, 6.45) is 4.70. The van der Waals surface area contributed by atoms with Crippen LogP contribution in [0.5, 0.6) is 0 Å². The highest BCUT2D eigenvalue weighted by Crippen LogP contribution is 2.36. The van der Waals surface area contributed by atoms with Crippen LogP contribution in [0.1, 0.15) is 40.0 Å². The van der Waals surface area contributed by atoms with E-state index < -0.39 is 6.29 Å². The molecule has 28 heavy (non-hydrogen) atoms. The van der Waals surface area contributed by atoms with Crippen molar-refractivity contribution in [2.45, 2.75) is 46.3 Å². The van der Waals surface area contributed by atoms with Crippen LogP contribution < -0.4 is 5.32 Å². The van der Waals surface area contributed by atoms with E-state index in [2.05, 4.69) is 19.2 Å². The summed E-state index contributed by atoms with van der Waals surface area (Å²) in [6.45, 7) is 9.38. The van der Waals surface area contributed by atoms with Crippen molar-refractivity contribution in [3.63, 3.8) is 0 Å². The molecule has 1 saturated carbocycles. The van der Waals surface area contributed by atoms with Crippen molar-refractivity contribution in [3.8, 4) is 0 Å². The van der Waals surface area contributed by atoms with E-state index in [0.29, 0.717) is 50.6 Å². The third-order valence-electron chi connectivity index (χ3n) is 5.21. The second kappa shape index (κ2) is 12.4. The van der Waals surface area contributed by atoms with E-state index in [1.807, 2.05) is 13.0 Å². The number of aliphatic hydroxyl groups is 1. The predicted octanol–water partition coefficient (Wildman–Crippen LogP) is 2.09. The predicted molar refractivity (Wildman–Crippen MR) is 105 cm³/mol. The number of carbonyl (C=O) groups is 1. The van der Waals surface area contributed by atoms with Gasteiger partial charge in [-0.15, -0.1) is 0 Å². The molecule has 0 saturated heterocycles. The second-order valence-electron chi connectivity index (χ2n) is 7.85. The summed E-state index contributed by atoms with van der Waals surface area (Å²) in [5.74, 6) is 1.53. The summed E-state index contributed by atoms with van der Waals surface area (Å²) in [6, 6.07) is 0. The van der Waals surface area contributed by atoms with Crippen LogP contribution in [-0.2, 0) is 23.7 Å². The fourth-order valence-electron chi connectivity index (χ4n) is 3.45. The van der Waals surface area contributed by atoms with Crippen LogP contribution in [0.3, 0.4) is 0 Å². The first-order chi connectivity index (χ1) is 13.6. The molecule has 0 aromatic carbocycles. The van der Waals surface area contributed by atoms with Gasteiger partial charge in [0.15, 0.2) is 5.76 Å². The maximum atomic E-state index is 12.5. The van der Waals surface area contributed by atoms with Gasteiger partial charge in [-0.1, -0.05) is 13.8 Å². The van der Waals surface area contributed by atoms with Gasteiger partial charge in [-0.2, -0.15) is 0 Å². The van der Waals surface area contributed by atoms with Crippen molar-refractivity contribution in [1.29, 1.82) is 0 Å². The zero-order valence-electron chi connectivity index (χ0n) is 17.5. The van der Waals surface area contributed by atoms with Crippen molar-refractivity contribution in [2.75, 3.05) is 46.2 Å². The topological polar surface area (TPSA) is 86.3 Å². The zero-order valence-corrected chi connectivity index (χ0v) is 17.5. The summed E-state index contributed by atoms with van der Waals surface area (Å²) in [5.41, 5.74) is 0. The van der Waals surface area contributed by atoms with Crippen LogP contribution in [0.4, 0.5) is 0 Å². The molecular weight excluding hydrogens is 362 g/mol. The quantitative estimate of drug-likeness (QED) is 0.435. The van der Waals surface area contributed by atoms with Crippen molar-refractivity contribution < 1.29 is 28.8 Å². The van der Waals surface area contributed by atoms with Gasteiger partial charge in [0.25, 0.3) is 5.91 Å². The normalized spacial score (nSPS) is 24.8. The van der Waals surface area contributed by atoms with E-state index in [-0.39, 0.29) is 24.3 Å². The van der Waals surface area contributed by atoms with Crippen LogP contribution in [0, 0.1) is 23.7 Å². The monoisotopic (exact) mass is 399 g/mol. The van der Waals surface area contributed by atoms with E-state index in [4.69, 9.17) is 24.1 Å². The van der Waals surface area contributed by atoms with Crippen LogP contribution in [0.15, 0.2) is 11.8 Å². The Morgan fingerprint density at radius 3 is 2.57 bits per heavy atom. The lowest BCUT2D eigenvalue weighted by Crippen LogP contribution is -2.41. The van der Waals surface area contributed by atoms with Crippen LogP contribution >= 0.6 is 0 Å². The van der Waals surface area contributed by atoms with Gasteiger partial charge in [0.1, 0.15) is 0 Å². The van der Waals surface area contributed by atoms with E-state index in [9.17, 15) is 4.79 Å². The van der Waals surface area contributed by atoms with E-state index in [0.717, 1.165) is 13.0 Å². The first-order valence-electron chi connectivity index (χ1n) is 10.6. The van der Waals surface area contributed by atoms with E-state index in [1.165, 1.54) is 12.8 Å². The average molecular weight is 400 g/mol. The molecule has 1 fully saturated rings. The third-order valence-corrected chi connectivity index (χ3v) is 5.21. The number of carbonyl (C=O) groups excluding carboxylic acids is 1. The minimum absolute atomic E-state index is 0.0222. The maximum absolute atomic E-state index is 12.5. The van der Waals surface area contributed by atoms with Gasteiger partial charge in [-0.25, -0.2) is 0 Å². The number of amides is 1. The number of nitrogens with one attached hydrogen (secondary N) is 1. The first kappa shape index (κ1) is 23.1. The van der Waals surface area contributed by atoms with Gasteiger partial charge in [-0.3, -0.25) is 4.79 Å². The zero-order chi connectivity index (χ0) is 20.4. The number of rotatable bonds is 14. The highest BCUT2D eigenvalue weighted by atomic mass is 16.7. The first-order valence-corrected chi connectivity index (χ1v) is 10.6. The third kappa shape index (κ3) is 7.70. The lowest BCUT2D eigenvalue weighted by Gasteiger charge is -2.38. The summed E-state index contributed by atoms with van der Waals surface area (Å²) < 4.78 is 22.7. The highest BCUT2D eigenvalue weighted by molar-refractivity contribution is 5.91. The van der Waals surface area contributed by atoms with Crippen molar-refractivity contribution in [3.05, 3.63) is 11.8 Å². The molecule has 3 atom stereocenters. The van der Waals surface area contributed by atoms with Gasteiger partial charge >= 0.3 is 0 Å². The summed E-state index contributed by atoms with van der Waals surface area (Å²) in [7, 11) is 0. The van der Waals surface area contributed by atoms with Crippen LogP contribution in [-0.4, -0.2) is 63.5 Å². The number of aliphatic hydroxyl groups excluding tert-OH is 1. The molecule has 1 aliphatic carbocycles. The molecule has 2 aliphatic rings. The number of allylic oxidation sites excluding steroid dienone is 1. The van der Waals surface area contributed by atoms with Gasteiger partial charge in [0, 0.05) is 25.7 Å². The Hall–Kier alpha value is -1.15. The standard InChI is InChI=1S/C21H37NO6/c1-4-27-21-17(7-9-25-11-12-26-10-8-23)18(15(2)3)13-19(28-21)20(24)22-14-16-5-6-16/h13,15-18,21,23H,4-12,14H2,1-3H3,(H,22,24)/t17-,18-,21-/m0/s1. The largest absolute Gasteiger partial charge is 0.459 e. The molecule has 1 amide bonds. The van der Waals surface area contributed by atoms with Crippen molar-refractivity contribution in [1.82, 2.24) is 5.32 Å². The molecule has 0 aromatic rings. The molecule has 1 heterocycles. The molecule has 0 aromatic heterocycles. The minimum atomic E-state index is -0.446. The highest BCUT2D eigenvalue weighted by Gasteiger charge is 2.38. The maximum Gasteiger partial charge on any atom is 0.286 e. The molecule has 2 rings (SSSR count).